The molecule has 0 saturated heterocycles. The van der Waals surface area contributed by atoms with Crippen molar-refractivity contribution < 1.29 is 42.9 Å². The van der Waals surface area contributed by atoms with E-state index in [1.54, 1.807) is 0 Å². The van der Waals surface area contributed by atoms with Gasteiger partial charge in [-0.15, -0.1) is 0 Å². The highest BCUT2D eigenvalue weighted by atomic mass is 16.7. The number of allylic oxidation sites excluding steroid dienone is 12. The number of hydrogen-bond donors (Lipinski definition) is 0. The molecule has 0 aromatic rings. The largest absolute Gasteiger partial charge is 0.545 e. The third kappa shape index (κ3) is 81.9. The molecule has 0 N–H and O–H groups in total. The second-order valence-corrected chi connectivity index (χ2v) is 30.4. The normalized spacial score (nSPS) is 12.9. The molecule has 0 aliphatic heterocycles. The molecule has 0 aliphatic carbocycles. The van der Waals surface area contributed by atoms with Crippen LogP contribution in [0.25, 0.3) is 0 Å². The number of nitrogens with zero attached hydrogens (tertiary/aromatic N) is 1. The van der Waals surface area contributed by atoms with E-state index in [4.69, 9.17) is 18.9 Å². The highest BCUT2D eigenvalue weighted by Gasteiger charge is 2.22. The number of rotatable bonds is 81. The van der Waals surface area contributed by atoms with Crippen LogP contribution in [-0.4, -0.2) is 82.3 Å². The van der Waals surface area contributed by atoms with Crippen LogP contribution in [0.1, 0.15) is 425 Å². The average molecular weight is 1390 g/mol. The molecule has 0 fully saturated rings. The molecule has 0 aliphatic rings. The van der Waals surface area contributed by atoms with Crippen molar-refractivity contribution in [3.8, 4) is 0 Å². The summed E-state index contributed by atoms with van der Waals surface area (Å²) in [5.74, 6) is -2.25. The van der Waals surface area contributed by atoms with Crippen molar-refractivity contribution in [1.29, 1.82) is 0 Å². The molecular weight excluding hydrogens is 1220 g/mol. The number of ether oxygens (including phenoxy) is 4. The van der Waals surface area contributed by atoms with Gasteiger partial charge in [-0.3, -0.25) is 9.59 Å². The summed E-state index contributed by atoms with van der Waals surface area (Å²) in [7, 11) is 5.95. The third-order valence-electron chi connectivity index (χ3n) is 19.4. The van der Waals surface area contributed by atoms with E-state index < -0.39 is 24.3 Å². The van der Waals surface area contributed by atoms with Gasteiger partial charge < -0.3 is 33.3 Å². The summed E-state index contributed by atoms with van der Waals surface area (Å²) < 4.78 is 22.9. The summed E-state index contributed by atoms with van der Waals surface area (Å²) in [5.41, 5.74) is 0. The third-order valence-corrected chi connectivity index (χ3v) is 19.4. The summed E-state index contributed by atoms with van der Waals surface area (Å²) in [5, 5.41) is 11.9. The zero-order valence-corrected chi connectivity index (χ0v) is 66.4. The maximum Gasteiger partial charge on any atom is 0.306 e. The molecule has 0 bridgehead atoms. The monoisotopic (exact) mass is 1390 g/mol. The fourth-order valence-electron chi connectivity index (χ4n) is 12.9. The van der Waals surface area contributed by atoms with E-state index in [0.29, 0.717) is 17.4 Å². The van der Waals surface area contributed by atoms with Gasteiger partial charge in [-0.1, -0.05) is 401 Å². The Bertz CT molecular complexity index is 1860. The van der Waals surface area contributed by atoms with Crippen molar-refractivity contribution in [2.24, 2.45) is 0 Å². The van der Waals surface area contributed by atoms with Gasteiger partial charge in [0.2, 0.25) is 0 Å². The lowest BCUT2D eigenvalue weighted by Crippen LogP contribution is -2.44. The van der Waals surface area contributed by atoms with Gasteiger partial charge in [0.15, 0.2) is 12.4 Å². The van der Waals surface area contributed by atoms with Crippen LogP contribution in [0.4, 0.5) is 0 Å². The van der Waals surface area contributed by atoms with Crippen LogP contribution < -0.4 is 5.11 Å². The van der Waals surface area contributed by atoms with Gasteiger partial charge in [0.1, 0.15) is 13.2 Å². The Morgan fingerprint density at radius 1 is 0.313 bits per heavy atom. The van der Waals surface area contributed by atoms with Gasteiger partial charge in [0, 0.05) is 12.8 Å². The van der Waals surface area contributed by atoms with E-state index >= 15 is 0 Å². The van der Waals surface area contributed by atoms with Crippen LogP contribution in [0.5, 0.6) is 0 Å². The summed E-state index contributed by atoms with van der Waals surface area (Å²) in [6.07, 6.45) is 106. The summed E-state index contributed by atoms with van der Waals surface area (Å²) >= 11 is 0. The SMILES string of the molecule is CC/C=C\C/C=C\C/C=C\C/C=C\CCCCCCCCCCCCCCCCCCCCCCCCCCCCC(=O)OC(COC(=O)CCCCCCCCCCCCCCCCCCCCCCCCC/C=C\C/C=C\CCCCCCC)COC(OCC[N+](C)(C)C)C(=O)[O-]. The second kappa shape index (κ2) is 80.4. The predicted octanol–water partition coefficient (Wildman–Crippen LogP) is 26.6. The average Bonchev–Trinajstić information content (AvgIpc) is 1.14. The van der Waals surface area contributed by atoms with Crippen molar-refractivity contribution in [2.45, 2.75) is 437 Å². The molecule has 0 radical (unpaired) electrons. The highest BCUT2D eigenvalue weighted by molar-refractivity contribution is 5.70. The molecule has 99 heavy (non-hydrogen) atoms. The molecule has 0 amide bonds. The first-order chi connectivity index (χ1) is 48.6. The summed E-state index contributed by atoms with van der Waals surface area (Å²) in [4.78, 5) is 37.7. The van der Waals surface area contributed by atoms with Gasteiger partial charge in [-0.2, -0.15) is 0 Å². The maximum atomic E-state index is 13.0. The molecule has 0 aromatic heterocycles. The van der Waals surface area contributed by atoms with Crippen molar-refractivity contribution in [3.63, 3.8) is 0 Å². The van der Waals surface area contributed by atoms with Crippen LogP contribution in [0, 0.1) is 0 Å². The number of carboxylic acid groups (broad SMARTS) is 1. The van der Waals surface area contributed by atoms with Crippen molar-refractivity contribution in [2.75, 3.05) is 47.5 Å². The van der Waals surface area contributed by atoms with Crippen LogP contribution in [0.3, 0.4) is 0 Å². The number of carbonyl (C=O) groups is 3. The molecule has 0 heterocycles. The molecule has 9 nitrogen and oxygen atoms in total. The van der Waals surface area contributed by atoms with E-state index in [0.717, 1.165) is 70.6 Å². The minimum absolute atomic E-state index is 0.150. The van der Waals surface area contributed by atoms with Crippen molar-refractivity contribution in [3.05, 3.63) is 72.9 Å². The minimum Gasteiger partial charge on any atom is -0.545 e. The molecule has 2 unspecified atom stereocenters. The number of esters is 2. The molecule has 0 spiro atoms. The molecule has 578 valence electrons. The number of aliphatic carboxylic acids is 1. The lowest BCUT2D eigenvalue weighted by Gasteiger charge is -2.26. The molecule has 9 heteroatoms. The number of carbonyl (C=O) groups excluding carboxylic acids is 3. The number of unbranched alkanes of at least 4 members (excludes halogenated alkanes) is 54. The van der Waals surface area contributed by atoms with Gasteiger partial charge in [-0.05, 0) is 83.5 Å². The number of carboxylic acids is 1. The quantitative estimate of drug-likeness (QED) is 0.0195. The number of likely N-dealkylation sites (N-methyl/N-ethyl adjacent to an activating group) is 1. The fourth-order valence-corrected chi connectivity index (χ4v) is 12.9. The lowest BCUT2D eigenvalue weighted by molar-refractivity contribution is -0.870. The molecule has 0 saturated carbocycles. The van der Waals surface area contributed by atoms with Gasteiger partial charge in [0.25, 0.3) is 0 Å². The van der Waals surface area contributed by atoms with Crippen molar-refractivity contribution >= 4 is 17.9 Å². The topological polar surface area (TPSA) is 111 Å². The van der Waals surface area contributed by atoms with Crippen LogP contribution in [0.15, 0.2) is 72.9 Å². The first-order valence-corrected chi connectivity index (χ1v) is 43.1. The van der Waals surface area contributed by atoms with E-state index in [2.05, 4.69) is 86.8 Å². The highest BCUT2D eigenvalue weighted by Crippen LogP contribution is 2.20. The fraction of sp³-hybridized carbons (Fsp3) is 0.833. The predicted molar refractivity (Wildman–Crippen MR) is 426 cm³/mol. The zero-order chi connectivity index (χ0) is 71.8. The van der Waals surface area contributed by atoms with Crippen molar-refractivity contribution in [1.82, 2.24) is 0 Å². The van der Waals surface area contributed by atoms with E-state index in [1.807, 2.05) is 21.1 Å². The smallest absolute Gasteiger partial charge is 0.306 e. The summed E-state index contributed by atoms with van der Waals surface area (Å²) in [6, 6.07) is 0. The Kier molecular flexibility index (Phi) is 77.8. The standard InChI is InChI=1S/C90H165NO8/c1-6-8-10-12-14-16-18-20-22-24-26-28-30-32-34-36-38-40-42-43-44-45-47-49-51-53-55-57-59-61-63-65-67-69-71-73-75-77-79-81-88(93)99-86(85-98-90(89(94)95)96-83-82-91(3,4)5)84-97-87(92)80-78-76-74-72-70-68-66-64-62-60-58-56-54-52-50-48-46-41-39-37-35-33-31-29-27-25-23-21-19-17-15-13-11-9-7-2/h8,10,14,16,19-22,25-28,86,90H,6-7,9,11-13,15,17-18,23-24,29-85H2,1-5H3/b10-8-,16-14-,21-19-,22-20-,27-25-,28-26-. The molecule has 0 rings (SSSR count). The minimum atomic E-state index is -1.62. The van der Waals surface area contributed by atoms with Gasteiger partial charge >= 0.3 is 11.9 Å². The number of quaternary nitrogens is 1. The Balaban J connectivity index is 3.92. The molecular formula is C90H165NO8. The first kappa shape index (κ1) is 95.7. The first-order valence-electron chi connectivity index (χ1n) is 43.1. The Morgan fingerprint density at radius 2 is 0.576 bits per heavy atom. The zero-order valence-electron chi connectivity index (χ0n) is 66.4. The van der Waals surface area contributed by atoms with Crippen LogP contribution in [-0.2, 0) is 33.3 Å². The Hall–Kier alpha value is -3.27. The molecule has 0 aromatic carbocycles. The Morgan fingerprint density at radius 3 is 0.859 bits per heavy atom. The number of hydrogen-bond acceptors (Lipinski definition) is 8. The molecule has 2 atom stereocenters. The van der Waals surface area contributed by atoms with E-state index in [1.165, 1.54) is 327 Å². The maximum absolute atomic E-state index is 13.0. The summed E-state index contributed by atoms with van der Waals surface area (Å²) in [6.45, 7) is 4.70. The lowest BCUT2D eigenvalue weighted by atomic mass is 10.0. The second-order valence-electron chi connectivity index (χ2n) is 30.4. The van der Waals surface area contributed by atoms with E-state index in [-0.39, 0.29) is 32.2 Å². The van der Waals surface area contributed by atoms with Crippen LogP contribution >= 0.6 is 0 Å². The Labute approximate surface area is 615 Å². The van der Waals surface area contributed by atoms with E-state index in [9.17, 15) is 19.5 Å². The van der Waals surface area contributed by atoms with Crippen LogP contribution in [0.2, 0.25) is 0 Å². The van der Waals surface area contributed by atoms with Gasteiger partial charge in [-0.25, -0.2) is 0 Å². The van der Waals surface area contributed by atoms with Gasteiger partial charge in [0.05, 0.1) is 40.3 Å².